The van der Waals surface area contributed by atoms with Crippen LogP contribution in [0.5, 0.6) is 0 Å². The predicted molar refractivity (Wildman–Crippen MR) is 103 cm³/mol. The largest absolute Gasteiger partial charge is 0.444 e. The molecule has 6 nitrogen and oxygen atoms in total. The zero-order valence-electron chi connectivity index (χ0n) is 15.8. The number of aliphatic hydroxyl groups is 1. The number of hydrogen-bond donors (Lipinski definition) is 3. The van der Waals surface area contributed by atoms with E-state index in [2.05, 4.69) is 10.6 Å². The summed E-state index contributed by atoms with van der Waals surface area (Å²) in [5, 5.41) is 15.4. The monoisotopic (exact) mass is 370 g/mol. The van der Waals surface area contributed by atoms with Crippen LogP contribution in [0.2, 0.25) is 0 Å². The van der Waals surface area contributed by atoms with E-state index in [1.807, 2.05) is 36.4 Å². The first-order valence-electron chi connectivity index (χ1n) is 8.81. The summed E-state index contributed by atoms with van der Waals surface area (Å²) in [6.07, 6.45) is -0.656. The van der Waals surface area contributed by atoms with Crippen molar-refractivity contribution in [2.75, 3.05) is 6.61 Å². The number of amides is 2. The quantitative estimate of drug-likeness (QED) is 0.729. The Morgan fingerprint density at radius 1 is 0.963 bits per heavy atom. The molecular weight excluding hydrogens is 344 g/mol. The molecule has 0 aliphatic heterocycles. The highest BCUT2D eigenvalue weighted by molar-refractivity contribution is 5.94. The van der Waals surface area contributed by atoms with E-state index >= 15 is 0 Å². The minimum Gasteiger partial charge on any atom is -0.444 e. The third-order valence-corrected chi connectivity index (χ3v) is 3.78. The fraction of sp³-hybridized carbons (Fsp3) is 0.333. The number of benzene rings is 2. The van der Waals surface area contributed by atoms with Gasteiger partial charge in [-0.1, -0.05) is 48.5 Å². The Bertz CT molecular complexity index is 742. The van der Waals surface area contributed by atoms with Gasteiger partial charge in [-0.05, 0) is 38.5 Å². The van der Waals surface area contributed by atoms with Crippen molar-refractivity contribution in [3.63, 3.8) is 0 Å². The summed E-state index contributed by atoms with van der Waals surface area (Å²) >= 11 is 0. The fourth-order valence-corrected chi connectivity index (χ4v) is 2.58. The highest BCUT2D eigenvalue weighted by Gasteiger charge is 2.28. The van der Waals surface area contributed by atoms with Gasteiger partial charge in [0.1, 0.15) is 5.60 Å². The molecule has 2 aromatic rings. The first kappa shape index (κ1) is 20.5. The van der Waals surface area contributed by atoms with Gasteiger partial charge in [-0.25, -0.2) is 4.79 Å². The number of carbonyl (C=O) groups excluding carboxylic acids is 2. The second-order valence-electron chi connectivity index (χ2n) is 7.16. The Morgan fingerprint density at radius 3 is 2.04 bits per heavy atom. The first-order chi connectivity index (χ1) is 12.8. The van der Waals surface area contributed by atoms with Crippen LogP contribution >= 0.6 is 0 Å². The van der Waals surface area contributed by atoms with Crippen molar-refractivity contribution < 1.29 is 19.4 Å². The van der Waals surface area contributed by atoms with Crippen LogP contribution in [0.25, 0.3) is 0 Å². The molecule has 0 spiro atoms. The standard InChI is InChI=1S/C21H26N2O4/c1-21(2,3)27-20(26)22-17(14-24)18(15-10-6-4-7-11-15)23-19(25)16-12-8-5-9-13-16/h4-13,17-18,24H,14H2,1-3H3,(H,22,26)(H,23,25)/t17-,18-/m0/s1. The fourth-order valence-electron chi connectivity index (χ4n) is 2.58. The van der Waals surface area contributed by atoms with Crippen molar-refractivity contribution in [1.82, 2.24) is 10.6 Å². The molecule has 0 saturated carbocycles. The van der Waals surface area contributed by atoms with Crippen LogP contribution in [0.1, 0.15) is 42.7 Å². The lowest BCUT2D eigenvalue weighted by molar-refractivity contribution is 0.0460. The second kappa shape index (κ2) is 9.19. The summed E-state index contributed by atoms with van der Waals surface area (Å²) < 4.78 is 5.27. The van der Waals surface area contributed by atoms with E-state index < -0.39 is 23.8 Å². The SMILES string of the molecule is CC(C)(C)OC(=O)N[C@@H](CO)[C@@H](NC(=O)c1ccccc1)c1ccccc1. The molecule has 2 aromatic carbocycles. The van der Waals surface area contributed by atoms with Crippen molar-refractivity contribution in [1.29, 1.82) is 0 Å². The lowest BCUT2D eigenvalue weighted by atomic mass is 9.99. The van der Waals surface area contributed by atoms with Crippen LogP contribution < -0.4 is 10.6 Å². The lowest BCUT2D eigenvalue weighted by Gasteiger charge is -2.29. The summed E-state index contributed by atoms with van der Waals surface area (Å²) in [6.45, 7) is 4.90. The van der Waals surface area contributed by atoms with Gasteiger partial charge in [0.25, 0.3) is 5.91 Å². The molecule has 0 saturated heterocycles. The first-order valence-corrected chi connectivity index (χ1v) is 8.81. The summed E-state index contributed by atoms with van der Waals surface area (Å²) in [5.74, 6) is -0.297. The maximum absolute atomic E-state index is 12.6. The van der Waals surface area contributed by atoms with E-state index in [1.165, 1.54) is 0 Å². The van der Waals surface area contributed by atoms with E-state index in [0.717, 1.165) is 5.56 Å². The molecule has 2 atom stereocenters. The Kier molecular flexibility index (Phi) is 6.96. The Morgan fingerprint density at radius 2 is 1.52 bits per heavy atom. The predicted octanol–water partition coefficient (Wildman–Crippen LogP) is 3.04. The smallest absolute Gasteiger partial charge is 0.408 e. The highest BCUT2D eigenvalue weighted by Crippen LogP contribution is 2.19. The maximum atomic E-state index is 12.6. The number of nitrogens with one attached hydrogen (secondary N) is 2. The minimum atomic E-state index is -0.755. The molecule has 6 heteroatoms. The average molecular weight is 370 g/mol. The van der Waals surface area contributed by atoms with Crippen molar-refractivity contribution in [2.45, 2.75) is 38.5 Å². The molecule has 144 valence electrons. The molecule has 3 N–H and O–H groups in total. The van der Waals surface area contributed by atoms with Crippen LogP contribution in [-0.4, -0.2) is 35.4 Å². The molecule has 0 aliphatic rings. The van der Waals surface area contributed by atoms with Crippen molar-refractivity contribution in [3.05, 3.63) is 71.8 Å². The van der Waals surface area contributed by atoms with Crippen LogP contribution in [0, 0.1) is 0 Å². The number of carbonyl (C=O) groups is 2. The highest BCUT2D eigenvalue weighted by atomic mass is 16.6. The topological polar surface area (TPSA) is 87.7 Å². The summed E-state index contributed by atoms with van der Waals surface area (Å²) in [4.78, 5) is 24.8. The number of alkyl carbamates (subject to hydrolysis) is 1. The normalized spacial score (nSPS) is 13.3. The van der Waals surface area contributed by atoms with Crippen LogP contribution in [0.3, 0.4) is 0 Å². The molecule has 0 radical (unpaired) electrons. The van der Waals surface area contributed by atoms with Gasteiger partial charge in [0, 0.05) is 5.56 Å². The van der Waals surface area contributed by atoms with Gasteiger partial charge in [0.2, 0.25) is 0 Å². The van der Waals surface area contributed by atoms with Gasteiger partial charge in [0.15, 0.2) is 0 Å². The van der Waals surface area contributed by atoms with E-state index in [1.54, 1.807) is 45.0 Å². The number of aliphatic hydroxyl groups excluding tert-OH is 1. The zero-order chi connectivity index (χ0) is 19.9. The minimum absolute atomic E-state index is 0.297. The number of hydrogen-bond acceptors (Lipinski definition) is 4. The molecule has 0 fully saturated rings. The van der Waals surface area contributed by atoms with Crippen LogP contribution in [0.4, 0.5) is 4.79 Å². The van der Waals surface area contributed by atoms with Gasteiger partial charge >= 0.3 is 6.09 Å². The molecule has 2 amide bonds. The zero-order valence-corrected chi connectivity index (χ0v) is 15.8. The lowest BCUT2D eigenvalue weighted by Crippen LogP contribution is -2.49. The molecule has 0 unspecified atom stereocenters. The number of rotatable bonds is 6. The molecule has 27 heavy (non-hydrogen) atoms. The maximum Gasteiger partial charge on any atom is 0.408 e. The summed E-state index contributed by atoms with van der Waals surface area (Å²) in [5.41, 5.74) is 0.587. The van der Waals surface area contributed by atoms with Crippen molar-refractivity contribution in [3.8, 4) is 0 Å². The number of ether oxygens (including phenoxy) is 1. The van der Waals surface area contributed by atoms with E-state index in [0.29, 0.717) is 5.56 Å². The third-order valence-electron chi connectivity index (χ3n) is 3.78. The molecule has 0 aliphatic carbocycles. The Hall–Kier alpha value is -2.86. The van der Waals surface area contributed by atoms with Crippen LogP contribution in [0.15, 0.2) is 60.7 Å². The second-order valence-corrected chi connectivity index (χ2v) is 7.16. The molecule has 0 aromatic heterocycles. The van der Waals surface area contributed by atoms with Gasteiger partial charge in [-0.15, -0.1) is 0 Å². The molecular formula is C21H26N2O4. The van der Waals surface area contributed by atoms with Gasteiger partial charge in [-0.2, -0.15) is 0 Å². The van der Waals surface area contributed by atoms with Gasteiger partial charge in [0.05, 0.1) is 18.7 Å². The Balaban J connectivity index is 2.23. The molecule has 0 heterocycles. The van der Waals surface area contributed by atoms with E-state index in [-0.39, 0.29) is 12.5 Å². The van der Waals surface area contributed by atoms with Gasteiger partial charge in [-0.3, -0.25) is 4.79 Å². The molecule has 2 rings (SSSR count). The van der Waals surface area contributed by atoms with E-state index in [4.69, 9.17) is 4.74 Å². The summed E-state index contributed by atoms with van der Waals surface area (Å²) in [7, 11) is 0. The average Bonchev–Trinajstić information content (AvgIpc) is 2.64. The summed E-state index contributed by atoms with van der Waals surface area (Å²) in [6, 6.07) is 16.6. The van der Waals surface area contributed by atoms with Crippen LogP contribution in [-0.2, 0) is 4.74 Å². The Labute approximate surface area is 159 Å². The molecule has 0 bridgehead atoms. The van der Waals surface area contributed by atoms with E-state index in [9.17, 15) is 14.7 Å². The van der Waals surface area contributed by atoms with Crippen molar-refractivity contribution >= 4 is 12.0 Å². The van der Waals surface area contributed by atoms with Crippen molar-refractivity contribution in [2.24, 2.45) is 0 Å². The third kappa shape index (κ3) is 6.42. The van der Waals surface area contributed by atoms with Gasteiger partial charge < -0.3 is 20.5 Å².